The van der Waals surface area contributed by atoms with E-state index in [0.29, 0.717) is 24.3 Å². The number of nitrogens with zero attached hydrogens (tertiary/aromatic N) is 2. The van der Waals surface area contributed by atoms with Gasteiger partial charge in [-0.25, -0.2) is 0 Å². The molecule has 7 nitrogen and oxygen atoms in total. The van der Waals surface area contributed by atoms with Crippen LogP contribution in [0.2, 0.25) is 0 Å². The smallest absolute Gasteiger partial charge is 0.255 e. The number of rotatable bonds is 6. The number of carbonyl (C=O) groups excluding carboxylic acids is 3. The van der Waals surface area contributed by atoms with Gasteiger partial charge in [0, 0.05) is 23.1 Å². The largest absolute Gasteiger partial charge is 0.489 e. The Kier molecular flexibility index (Phi) is 5.66. The molecule has 0 aliphatic carbocycles. The number of amides is 3. The summed E-state index contributed by atoms with van der Waals surface area (Å²) >= 11 is 0. The minimum absolute atomic E-state index is 0.215. The lowest BCUT2D eigenvalue weighted by atomic mass is 10.0. The van der Waals surface area contributed by atoms with Gasteiger partial charge in [-0.1, -0.05) is 30.3 Å². The standard InChI is InChI=1S/C24H23N3O4/c1-15(12-16-6-3-4-8-19(16)25-2)14-31-21-9-5-7-17-18(21)13-27(24(17)30)20-10-11-22(28)26-23(20)29/h3-9,12,20H,2,10-11,13-14H2,1H3,(H,26,28,29)/b15-12+. The lowest BCUT2D eigenvalue weighted by Crippen LogP contribution is -2.52. The number of imide groups is 1. The first-order valence-electron chi connectivity index (χ1n) is 10.1. The molecule has 7 heteroatoms. The molecule has 2 aromatic rings. The second-order valence-electron chi connectivity index (χ2n) is 7.68. The van der Waals surface area contributed by atoms with Gasteiger partial charge >= 0.3 is 0 Å². The number of benzene rings is 2. The van der Waals surface area contributed by atoms with E-state index in [9.17, 15) is 14.4 Å². The second kappa shape index (κ2) is 8.55. The fraction of sp³-hybridized carbons (Fsp3) is 0.250. The first-order chi connectivity index (χ1) is 15.0. The summed E-state index contributed by atoms with van der Waals surface area (Å²) in [4.78, 5) is 42.1. The molecule has 4 rings (SSSR count). The van der Waals surface area contributed by atoms with Gasteiger partial charge in [0.25, 0.3) is 5.91 Å². The molecule has 2 aromatic carbocycles. The maximum atomic E-state index is 12.9. The zero-order valence-corrected chi connectivity index (χ0v) is 17.3. The highest BCUT2D eigenvalue weighted by atomic mass is 16.5. The van der Waals surface area contributed by atoms with Crippen LogP contribution in [0.4, 0.5) is 5.69 Å². The number of piperidine rings is 1. The minimum atomic E-state index is -0.644. The van der Waals surface area contributed by atoms with E-state index in [0.717, 1.165) is 22.4 Å². The van der Waals surface area contributed by atoms with Gasteiger partial charge in [0.05, 0.1) is 12.2 Å². The Morgan fingerprint density at radius 2 is 2.03 bits per heavy atom. The third-order valence-corrected chi connectivity index (χ3v) is 5.50. The van der Waals surface area contributed by atoms with E-state index in [1.54, 1.807) is 12.1 Å². The van der Waals surface area contributed by atoms with Crippen LogP contribution < -0.4 is 10.1 Å². The highest BCUT2D eigenvalue weighted by molar-refractivity contribution is 6.05. The number of carbonyl (C=O) groups is 3. The van der Waals surface area contributed by atoms with Gasteiger partial charge in [-0.2, -0.15) is 0 Å². The van der Waals surface area contributed by atoms with Crippen LogP contribution in [-0.2, 0) is 16.1 Å². The maximum absolute atomic E-state index is 12.9. The lowest BCUT2D eigenvalue weighted by Gasteiger charge is -2.29. The zero-order chi connectivity index (χ0) is 22.0. The van der Waals surface area contributed by atoms with Crippen molar-refractivity contribution in [1.29, 1.82) is 0 Å². The van der Waals surface area contributed by atoms with Gasteiger partial charge in [-0.15, -0.1) is 0 Å². The Bertz CT molecular complexity index is 1110. The Morgan fingerprint density at radius 3 is 2.81 bits per heavy atom. The number of hydrogen-bond donors (Lipinski definition) is 1. The van der Waals surface area contributed by atoms with Crippen molar-refractivity contribution in [3.05, 3.63) is 64.7 Å². The molecule has 1 saturated heterocycles. The number of aliphatic imine (C=N–C) groups is 1. The fourth-order valence-electron chi connectivity index (χ4n) is 3.94. The van der Waals surface area contributed by atoms with Gasteiger partial charge in [0.1, 0.15) is 18.4 Å². The molecule has 2 heterocycles. The molecule has 0 aromatic heterocycles. The van der Waals surface area contributed by atoms with Gasteiger partial charge in [0.2, 0.25) is 11.8 Å². The van der Waals surface area contributed by atoms with Crippen molar-refractivity contribution in [1.82, 2.24) is 10.2 Å². The topological polar surface area (TPSA) is 88.1 Å². The predicted octanol–water partition coefficient (Wildman–Crippen LogP) is 3.26. The van der Waals surface area contributed by atoms with Gasteiger partial charge in [0.15, 0.2) is 0 Å². The summed E-state index contributed by atoms with van der Waals surface area (Å²) < 4.78 is 6.04. The zero-order valence-electron chi connectivity index (χ0n) is 17.3. The summed E-state index contributed by atoms with van der Waals surface area (Å²) in [7, 11) is 0. The van der Waals surface area contributed by atoms with Crippen molar-refractivity contribution in [3.8, 4) is 5.75 Å². The highest BCUT2D eigenvalue weighted by Gasteiger charge is 2.40. The molecule has 0 spiro atoms. The predicted molar refractivity (Wildman–Crippen MR) is 117 cm³/mol. The Labute approximate surface area is 180 Å². The molecule has 3 amide bonds. The summed E-state index contributed by atoms with van der Waals surface area (Å²) in [5, 5.41) is 2.32. The van der Waals surface area contributed by atoms with Crippen molar-refractivity contribution in [2.45, 2.75) is 32.4 Å². The normalized spacial score (nSPS) is 18.6. The summed E-state index contributed by atoms with van der Waals surface area (Å²) in [6.07, 6.45) is 2.55. The van der Waals surface area contributed by atoms with Crippen molar-refractivity contribution in [2.24, 2.45) is 4.99 Å². The van der Waals surface area contributed by atoms with E-state index < -0.39 is 11.9 Å². The average Bonchev–Trinajstić information content (AvgIpc) is 3.09. The van der Waals surface area contributed by atoms with E-state index in [1.165, 1.54) is 4.90 Å². The van der Waals surface area contributed by atoms with Crippen LogP contribution in [0.1, 0.15) is 41.3 Å². The molecule has 1 atom stereocenters. The van der Waals surface area contributed by atoms with Crippen molar-refractivity contribution >= 4 is 36.2 Å². The van der Waals surface area contributed by atoms with E-state index in [2.05, 4.69) is 17.0 Å². The maximum Gasteiger partial charge on any atom is 0.255 e. The number of para-hydroxylation sites is 1. The molecule has 2 aliphatic heterocycles. The molecule has 1 unspecified atom stereocenters. The molecule has 158 valence electrons. The van der Waals surface area contributed by atoms with Crippen LogP contribution in [0.5, 0.6) is 5.75 Å². The molecular weight excluding hydrogens is 394 g/mol. The van der Waals surface area contributed by atoms with Crippen molar-refractivity contribution < 1.29 is 19.1 Å². The first-order valence-corrected chi connectivity index (χ1v) is 10.1. The molecule has 0 saturated carbocycles. The summed E-state index contributed by atoms with van der Waals surface area (Å²) in [5.41, 5.74) is 4.03. The number of ether oxygens (including phenoxy) is 1. The Hall–Kier alpha value is -3.74. The Balaban J connectivity index is 1.50. The SMILES string of the molecule is C=Nc1ccccc1/C=C(\C)COc1cccc2c1CN(C1CCC(=O)NC1=O)C2=O. The highest BCUT2D eigenvalue weighted by Crippen LogP contribution is 2.33. The average molecular weight is 417 g/mol. The molecule has 0 radical (unpaired) electrons. The lowest BCUT2D eigenvalue weighted by molar-refractivity contribution is -0.136. The third-order valence-electron chi connectivity index (χ3n) is 5.50. The van der Waals surface area contributed by atoms with Crippen molar-refractivity contribution in [2.75, 3.05) is 6.61 Å². The van der Waals surface area contributed by atoms with Crippen LogP contribution in [-0.4, -0.2) is 42.0 Å². The second-order valence-corrected chi connectivity index (χ2v) is 7.68. The quantitative estimate of drug-likeness (QED) is 0.577. The van der Waals surface area contributed by atoms with Crippen LogP contribution in [0.25, 0.3) is 6.08 Å². The van der Waals surface area contributed by atoms with E-state index >= 15 is 0 Å². The summed E-state index contributed by atoms with van der Waals surface area (Å²) in [6, 6.07) is 12.4. The summed E-state index contributed by atoms with van der Waals surface area (Å²) in [5.74, 6) is -0.324. The number of nitrogens with one attached hydrogen (secondary N) is 1. The van der Waals surface area contributed by atoms with E-state index in [1.807, 2.05) is 43.3 Å². The van der Waals surface area contributed by atoms with E-state index in [4.69, 9.17) is 4.74 Å². The molecule has 0 bridgehead atoms. The molecule has 1 N–H and O–H groups in total. The molecular formula is C24H23N3O4. The molecule has 31 heavy (non-hydrogen) atoms. The van der Waals surface area contributed by atoms with Crippen molar-refractivity contribution in [3.63, 3.8) is 0 Å². The van der Waals surface area contributed by atoms with Crippen LogP contribution in [0.3, 0.4) is 0 Å². The van der Waals surface area contributed by atoms with Crippen LogP contribution in [0, 0.1) is 0 Å². The van der Waals surface area contributed by atoms with E-state index in [-0.39, 0.29) is 24.8 Å². The minimum Gasteiger partial charge on any atom is -0.489 e. The third kappa shape index (κ3) is 4.12. The molecule has 2 aliphatic rings. The summed E-state index contributed by atoms with van der Waals surface area (Å²) in [6.45, 7) is 6.18. The van der Waals surface area contributed by atoms with Gasteiger partial charge in [-0.05, 0) is 43.8 Å². The number of fused-ring (bicyclic) bond motifs is 1. The monoisotopic (exact) mass is 417 g/mol. The number of hydrogen-bond acceptors (Lipinski definition) is 5. The van der Waals surface area contributed by atoms with Gasteiger partial charge < -0.3 is 9.64 Å². The van der Waals surface area contributed by atoms with Crippen LogP contribution >= 0.6 is 0 Å². The van der Waals surface area contributed by atoms with Gasteiger partial charge in [-0.3, -0.25) is 24.7 Å². The Morgan fingerprint density at radius 1 is 1.23 bits per heavy atom. The molecule has 1 fully saturated rings. The van der Waals surface area contributed by atoms with Crippen LogP contribution in [0.15, 0.2) is 53.0 Å². The fourth-order valence-corrected chi connectivity index (χ4v) is 3.94. The first kappa shape index (κ1) is 20.5.